The fourth-order valence-corrected chi connectivity index (χ4v) is 1.93. The van der Waals surface area contributed by atoms with Crippen molar-refractivity contribution >= 4 is 33.9 Å². The number of hydrogen-bond donors (Lipinski definition) is 1. The van der Waals surface area contributed by atoms with E-state index in [4.69, 9.17) is 0 Å². The maximum absolute atomic E-state index is 11.7. The van der Waals surface area contributed by atoms with Crippen molar-refractivity contribution in [3.8, 4) is 0 Å². The Labute approximate surface area is 113 Å². The van der Waals surface area contributed by atoms with Crippen LogP contribution in [0.25, 0.3) is 0 Å². The van der Waals surface area contributed by atoms with Gasteiger partial charge in [-0.25, -0.2) is 4.98 Å². The summed E-state index contributed by atoms with van der Waals surface area (Å²) < 4.78 is 0. The molecule has 19 heavy (non-hydrogen) atoms. The molecule has 6 heteroatoms. The number of thiazole rings is 1. The molecule has 2 rings (SSSR count). The number of benzene rings is 1. The Morgan fingerprint density at radius 3 is 2.53 bits per heavy atom. The molecule has 1 N–H and O–H groups in total. The average Bonchev–Trinajstić information content (AvgIpc) is 2.92. The van der Waals surface area contributed by atoms with Gasteiger partial charge in [0.1, 0.15) is 0 Å². The standard InChI is InChI=1S/C13H10N2O3S/c16-10(9-4-2-1-3-5-9)8-11(17)12(18)15-13-14-6-7-19-13/h1-7H,8H2,(H,14,15,18). The second-order valence-electron chi connectivity index (χ2n) is 3.68. The molecule has 5 nitrogen and oxygen atoms in total. The lowest BCUT2D eigenvalue weighted by Crippen LogP contribution is -2.25. The zero-order valence-electron chi connectivity index (χ0n) is 9.83. The summed E-state index contributed by atoms with van der Waals surface area (Å²) in [5.74, 6) is -1.97. The van der Waals surface area contributed by atoms with Crippen molar-refractivity contribution in [3.05, 3.63) is 47.5 Å². The first kappa shape index (κ1) is 13.1. The van der Waals surface area contributed by atoms with Crippen LogP contribution in [-0.4, -0.2) is 22.5 Å². The Bertz CT molecular complexity index is 594. The molecule has 1 amide bonds. The number of anilines is 1. The highest BCUT2D eigenvalue weighted by atomic mass is 32.1. The fraction of sp³-hybridized carbons (Fsp3) is 0.0769. The summed E-state index contributed by atoms with van der Waals surface area (Å²) in [5.41, 5.74) is 0.415. The zero-order valence-corrected chi connectivity index (χ0v) is 10.6. The van der Waals surface area contributed by atoms with Gasteiger partial charge in [-0.3, -0.25) is 19.7 Å². The van der Waals surface area contributed by atoms with E-state index in [1.54, 1.807) is 35.7 Å². The molecule has 0 fully saturated rings. The monoisotopic (exact) mass is 274 g/mol. The number of carbonyl (C=O) groups is 3. The predicted octanol–water partition coefficient (Wildman–Crippen LogP) is 1.92. The number of rotatable bonds is 5. The molecular formula is C13H10N2O3S. The Kier molecular flexibility index (Phi) is 4.15. The predicted molar refractivity (Wildman–Crippen MR) is 71.1 cm³/mol. The first-order valence-electron chi connectivity index (χ1n) is 5.49. The van der Waals surface area contributed by atoms with Crippen molar-refractivity contribution in [1.82, 2.24) is 4.98 Å². The summed E-state index contributed by atoms with van der Waals surface area (Å²) in [6, 6.07) is 8.39. The van der Waals surface area contributed by atoms with Gasteiger partial charge in [0.25, 0.3) is 5.91 Å². The molecule has 0 aliphatic heterocycles. The molecule has 0 saturated heterocycles. The summed E-state index contributed by atoms with van der Waals surface area (Å²) in [7, 11) is 0. The molecule has 0 radical (unpaired) electrons. The van der Waals surface area contributed by atoms with E-state index in [1.165, 1.54) is 17.5 Å². The van der Waals surface area contributed by atoms with Gasteiger partial charge in [-0.05, 0) is 0 Å². The molecule has 0 aliphatic carbocycles. The maximum atomic E-state index is 11.7. The number of nitrogens with zero attached hydrogens (tertiary/aromatic N) is 1. The lowest BCUT2D eigenvalue weighted by Gasteiger charge is -2.01. The highest BCUT2D eigenvalue weighted by Gasteiger charge is 2.19. The van der Waals surface area contributed by atoms with E-state index in [0.29, 0.717) is 10.7 Å². The number of nitrogens with one attached hydrogen (secondary N) is 1. The SMILES string of the molecule is O=C(CC(=O)c1ccccc1)C(=O)Nc1nccs1. The quantitative estimate of drug-likeness (QED) is 0.513. The number of carbonyl (C=O) groups excluding carboxylic acids is 3. The van der Waals surface area contributed by atoms with Crippen molar-refractivity contribution < 1.29 is 14.4 Å². The van der Waals surface area contributed by atoms with Gasteiger partial charge in [0.2, 0.25) is 5.78 Å². The van der Waals surface area contributed by atoms with E-state index in [0.717, 1.165) is 0 Å². The van der Waals surface area contributed by atoms with E-state index < -0.39 is 18.1 Å². The van der Waals surface area contributed by atoms with Gasteiger partial charge in [0.15, 0.2) is 10.9 Å². The highest BCUT2D eigenvalue weighted by molar-refractivity contribution is 7.13. The van der Waals surface area contributed by atoms with Crippen LogP contribution in [0, 0.1) is 0 Å². The molecule has 0 bridgehead atoms. The Morgan fingerprint density at radius 2 is 1.89 bits per heavy atom. The smallest absolute Gasteiger partial charge is 0.294 e. The van der Waals surface area contributed by atoms with Gasteiger partial charge in [0, 0.05) is 17.1 Å². The Balaban J connectivity index is 1.94. The molecular weight excluding hydrogens is 264 g/mol. The number of ketones is 2. The third kappa shape index (κ3) is 3.56. The Hall–Kier alpha value is -2.34. The third-order valence-corrected chi connectivity index (χ3v) is 3.01. The molecule has 0 saturated carbocycles. The van der Waals surface area contributed by atoms with E-state index in [9.17, 15) is 14.4 Å². The maximum Gasteiger partial charge on any atom is 0.294 e. The van der Waals surface area contributed by atoms with Crippen molar-refractivity contribution in [1.29, 1.82) is 0 Å². The van der Waals surface area contributed by atoms with Gasteiger partial charge in [-0.15, -0.1) is 11.3 Å². The minimum atomic E-state index is -0.820. The molecule has 2 aromatic rings. The van der Waals surface area contributed by atoms with Crippen LogP contribution in [0.15, 0.2) is 41.9 Å². The van der Waals surface area contributed by atoms with Crippen molar-refractivity contribution in [2.75, 3.05) is 5.32 Å². The van der Waals surface area contributed by atoms with E-state index in [2.05, 4.69) is 10.3 Å². The lowest BCUT2D eigenvalue weighted by atomic mass is 10.1. The molecule has 0 aliphatic rings. The second-order valence-corrected chi connectivity index (χ2v) is 4.58. The molecule has 0 spiro atoms. The molecule has 0 unspecified atom stereocenters. The first-order valence-corrected chi connectivity index (χ1v) is 6.36. The highest BCUT2D eigenvalue weighted by Crippen LogP contribution is 2.10. The van der Waals surface area contributed by atoms with Crippen molar-refractivity contribution in [2.45, 2.75) is 6.42 Å². The van der Waals surface area contributed by atoms with Gasteiger partial charge < -0.3 is 0 Å². The van der Waals surface area contributed by atoms with Gasteiger partial charge in [-0.2, -0.15) is 0 Å². The van der Waals surface area contributed by atoms with Crippen LogP contribution in [0.5, 0.6) is 0 Å². The first-order chi connectivity index (χ1) is 9.16. The van der Waals surface area contributed by atoms with Gasteiger partial charge in [-0.1, -0.05) is 30.3 Å². The van der Waals surface area contributed by atoms with Crippen LogP contribution in [0.4, 0.5) is 5.13 Å². The van der Waals surface area contributed by atoms with E-state index >= 15 is 0 Å². The second kappa shape index (κ2) is 6.01. The fourth-order valence-electron chi connectivity index (χ4n) is 1.40. The van der Waals surface area contributed by atoms with Crippen molar-refractivity contribution in [2.24, 2.45) is 0 Å². The molecule has 1 heterocycles. The molecule has 1 aromatic heterocycles. The summed E-state index contributed by atoms with van der Waals surface area (Å²) in [5, 5.41) is 4.36. The van der Waals surface area contributed by atoms with Crippen LogP contribution in [-0.2, 0) is 9.59 Å². The minimum Gasteiger partial charge on any atom is -0.295 e. The van der Waals surface area contributed by atoms with Crippen LogP contribution in [0.2, 0.25) is 0 Å². The summed E-state index contributed by atoms with van der Waals surface area (Å²) in [6.07, 6.45) is 1.07. The van der Waals surface area contributed by atoms with Crippen LogP contribution >= 0.6 is 11.3 Å². The normalized spacial score (nSPS) is 9.89. The average molecular weight is 274 g/mol. The van der Waals surface area contributed by atoms with Crippen LogP contribution in [0.3, 0.4) is 0 Å². The van der Waals surface area contributed by atoms with Gasteiger partial charge in [0.05, 0.1) is 6.42 Å². The van der Waals surface area contributed by atoms with Gasteiger partial charge >= 0.3 is 0 Å². The van der Waals surface area contributed by atoms with E-state index in [-0.39, 0.29) is 5.78 Å². The van der Waals surface area contributed by atoms with Crippen LogP contribution < -0.4 is 5.32 Å². The van der Waals surface area contributed by atoms with Crippen molar-refractivity contribution in [3.63, 3.8) is 0 Å². The minimum absolute atomic E-state index is 0.338. The third-order valence-electron chi connectivity index (χ3n) is 2.32. The summed E-state index contributed by atoms with van der Waals surface area (Å²) in [4.78, 5) is 38.7. The Morgan fingerprint density at radius 1 is 1.16 bits per heavy atom. The van der Waals surface area contributed by atoms with Crippen LogP contribution in [0.1, 0.15) is 16.8 Å². The molecule has 1 aromatic carbocycles. The number of hydrogen-bond acceptors (Lipinski definition) is 5. The number of amides is 1. The largest absolute Gasteiger partial charge is 0.295 e. The van der Waals surface area contributed by atoms with E-state index in [1.807, 2.05) is 0 Å². The summed E-state index contributed by atoms with van der Waals surface area (Å²) >= 11 is 1.20. The topological polar surface area (TPSA) is 76.1 Å². The zero-order chi connectivity index (χ0) is 13.7. The number of aromatic nitrogens is 1. The molecule has 0 atom stereocenters. The summed E-state index contributed by atoms with van der Waals surface area (Å²) in [6.45, 7) is 0. The molecule has 96 valence electrons. The lowest BCUT2D eigenvalue weighted by molar-refractivity contribution is -0.134. The number of Topliss-reactive ketones (excluding diaryl/α,β-unsaturated/α-hetero) is 2.